The Hall–Kier alpha value is -1.26. The van der Waals surface area contributed by atoms with Gasteiger partial charge < -0.3 is 15.7 Å². The normalized spacial score (nSPS) is 29.4. The largest absolute Gasteiger partial charge is 0.481 e. The molecule has 5 nitrogen and oxygen atoms in total. The lowest BCUT2D eigenvalue weighted by atomic mass is 9.90. The molecule has 0 unspecified atom stereocenters. The van der Waals surface area contributed by atoms with Gasteiger partial charge in [0, 0.05) is 12.6 Å². The van der Waals surface area contributed by atoms with Crippen LogP contribution in [0.15, 0.2) is 0 Å². The SMILES string of the molecule is C[C@H]1[C@H](C(=O)O)CN1C(=N)N. The number of guanidine groups is 1. The predicted octanol–water partition coefficient (Wildman–Crippen LogP) is -0.715. The number of carbonyl (C=O) groups is 1. The van der Waals surface area contributed by atoms with Crippen molar-refractivity contribution in [2.75, 3.05) is 6.54 Å². The summed E-state index contributed by atoms with van der Waals surface area (Å²) in [7, 11) is 0. The lowest BCUT2D eigenvalue weighted by molar-refractivity contribution is -0.148. The summed E-state index contributed by atoms with van der Waals surface area (Å²) in [6.45, 7) is 2.12. The van der Waals surface area contributed by atoms with Gasteiger partial charge in [-0.1, -0.05) is 0 Å². The molecule has 0 aliphatic carbocycles. The molecular formula is C6H11N3O2. The molecule has 1 aliphatic rings. The highest BCUT2D eigenvalue weighted by Gasteiger charge is 2.41. The molecule has 5 heteroatoms. The fourth-order valence-electron chi connectivity index (χ4n) is 1.21. The first-order chi connectivity index (χ1) is 5.04. The average molecular weight is 157 g/mol. The fourth-order valence-corrected chi connectivity index (χ4v) is 1.21. The summed E-state index contributed by atoms with van der Waals surface area (Å²) in [6, 6.07) is -0.134. The first-order valence-corrected chi connectivity index (χ1v) is 3.37. The van der Waals surface area contributed by atoms with E-state index in [2.05, 4.69) is 0 Å². The number of nitrogens with one attached hydrogen (secondary N) is 1. The van der Waals surface area contributed by atoms with Gasteiger partial charge in [-0.25, -0.2) is 0 Å². The maximum atomic E-state index is 10.4. The van der Waals surface area contributed by atoms with Crippen molar-refractivity contribution in [3.8, 4) is 0 Å². The molecule has 11 heavy (non-hydrogen) atoms. The molecule has 1 saturated heterocycles. The van der Waals surface area contributed by atoms with Gasteiger partial charge in [0.15, 0.2) is 5.96 Å². The van der Waals surface area contributed by atoms with E-state index in [1.165, 1.54) is 0 Å². The van der Waals surface area contributed by atoms with Crippen LogP contribution in [-0.4, -0.2) is 34.5 Å². The van der Waals surface area contributed by atoms with Crippen molar-refractivity contribution in [1.82, 2.24) is 4.90 Å². The van der Waals surface area contributed by atoms with E-state index in [1.54, 1.807) is 11.8 Å². The van der Waals surface area contributed by atoms with Crippen LogP contribution in [0.2, 0.25) is 0 Å². The van der Waals surface area contributed by atoms with Crippen LogP contribution < -0.4 is 5.73 Å². The quantitative estimate of drug-likeness (QED) is 0.346. The molecule has 1 aliphatic heterocycles. The molecule has 0 aromatic heterocycles. The highest BCUT2D eigenvalue weighted by atomic mass is 16.4. The number of rotatable bonds is 1. The molecule has 1 heterocycles. The van der Waals surface area contributed by atoms with Crippen molar-refractivity contribution in [2.24, 2.45) is 11.7 Å². The molecule has 4 N–H and O–H groups in total. The molecule has 0 saturated carbocycles. The Morgan fingerprint density at radius 3 is 2.64 bits per heavy atom. The molecule has 1 fully saturated rings. The highest BCUT2D eigenvalue weighted by molar-refractivity contribution is 5.80. The Labute approximate surface area is 64.3 Å². The maximum absolute atomic E-state index is 10.4. The number of nitrogens with two attached hydrogens (primary N) is 1. The molecule has 0 amide bonds. The molecule has 2 atom stereocenters. The van der Waals surface area contributed by atoms with Crippen molar-refractivity contribution in [3.05, 3.63) is 0 Å². The summed E-state index contributed by atoms with van der Waals surface area (Å²) in [5.74, 6) is -1.22. The zero-order chi connectivity index (χ0) is 8.59. The summed E-state index contributed by atoms with van der Waals surface area (Å²) in [4.78, 5) is 12.0. The predicted molar refractivity (Wildman–Crippen MR) is 39.2 cm³/mol. The average Bonchev–Trinajstić information content (AvgIpc) is 1.82. The molecule has 0 aromatic rings. The summed E-state index contributed by atoms with van der Waals surface area (Å²) in [6.07, 6.45) is 0. The van der Waals surface area contributed by atoms with Gasteiger partial charge in [0.1, 0.15) is 0 Å². The molecule has 62 valence electrons. The van der Waals surface area contributed by atoms with Gasteiger partial charge in [0.25, 0.3) is 0 Å². The summed E-state index contributed by atoms with van der Waals surface area (Å²) >= 11 is 0. The van der Waals surface area contributed by atoms with Gasteiger partial charge in [0.2, 0.25) is 0 Å². The van der Waals surface area contributed by atoms with Crippen LogP contribution in [0.25, 0.3) is 0 Å². The third kappa shape index (κ3) is 1.13. The van der Waals surface area contributed by atoms with E-state index in [1.807, 2.05) is 0 Å². The third-order valence-electron chi connectivity index (χ3n) is 2.09. The minimum absolute atomic E-state index is 0.0463. The molecule has 0 aromatic carbocycles. The minimum Gasteiger partial charge on any atom is -0.481 e. The van der Waals surface area contributed by atoms with Gasteiger partial charge in [0.05, 0.1) is 5.92 Å². The van der Waals surface area contributed by atoms with Gasteiger partial charge in [-0.3, -0.25) is 10.2 Å². The van der Waals surface area contributed by atoms with Crippen LogP contribution in [0.4, 0.5) is 0 Å². The van der Waals surface area contributed by atoms with Crippen LogP contribution in [-0.2, 0) is 4.79 Å². The number of nitrogens with zero attached hydrogens (tertiary/aromatic N) is 1. The highest BCUT2D eigenvalue weighted by Crippen LogP contribution is 2.23. The molecule has 0 spiro atoms. The molecule has 0 radical (unpaired) electrons. The number of hydrogen-bond acceptors (Lipinski definition) is 2. The topological polar surface area (TPSA) is 90.4 Å². The number of carboxylic acids is 1. The summed E-state index contributed by atoms with van der Waals surface area (Å²) in [5, 5.41) is 15.6. The molecule has 1 rings (SSSR count). The zero-order valence-electron chi connectivity index (χ0n) is 6.24. The van der Waals surface area contributed by atoms with E-state index in [0.717, 1.165) is 0 Å². The van der Waals surface area contributed by atoms with E-state index in [-0.39, 0.29) is 17.9 Å². The number of carboxylic acid groups (broad SMARTS) is 1. The fraction of sp³-hybridized carbons (Fsp3) is 0.667. The van der Waals surface area contributed by atoms with Crippen LogP contribution in [0.5, 0.6) is 0 Å². The molecule has 0 bridgehead atoms. The second kappa shape index (κ2) is 2.41. The molecular weight excluding hydrogens is 146 g/mol. The zero-order valence-corrected chi connectivity index (χ0v) is 6.24. The Morgan fingerprint density at radius 2 is 2.36 bits per heavy atom. The van der Waals surface area contributed by atoms with E-state index in [0.29, 0.717) is 6.54 Å². The summed E-state index contributed by atoms with van der Waals surface area (Å²) < 4.78 is 0. The smallest absolute Gasteiger partial charge is 0.310 e. The van der Waals surface area contributed by atoms with Crippen LogP contribution >= 0.6 is 0 Å². The number of aliphatic carboxylic acids is 1. The van der Waals surface area contributed by atoms with Gasteiger partial charge in [-0.2, -0.15) is 0 Å². The first kappa shape index (κ1) is 7.84. The Bertz CT molecular complexity index is 184. The van der Waals surface area contributed by atoms with Crippen LogP contribution in [0.1, 0.15) is 6.92 Å². The van der Waals surface area contributed by atoms with Crippen LogP contribution in [0, 0.1) is 11.3 Å². The van der Waals surface area contributed by atoms with E-state index in [4.69, 9.17) is 16.2 Å². The Morgan fingerprint density at radius 1 is 1.82 bits per heavy atom. The van der Waals surface area contributed by atoms with E-state index >= 15 is 0 Å². The van der Waals surface area contributed by atoms with Crippen LogP contribution in [0.3, 0.4) is 0 Å². The van der Waals surface area contributed by atoms with E-state index < -0.39 is 5.97 Å². The van der Waals surface area contributed by atoms with Crippen molar-refractivity contribution in [2.45, 2.75) is 13.0 Å². The van der Waals surface area contributed by atoms with E-state index in [9.17, 15) is 4.79 Å². The monoisotopic (exact) mass is 157 g/mol. The number of hydrogen-bond donors (Lipinski definition) is 3. The standard InChI is InChI=1S/C6H11N3O2/c1-3-4(5(10)11)2-9(3)6(7)8/h3-4H,2H2,1H3,(H3,7,8)(H,10,11)/t3-,4+/m0/s1. The first-order valence-electron chi connectivity index (χ1n) is 3.37. The Kier molecular flexibility index (Phi) is 1.72. The lowest BCUT2D eigenvalue weighted by Crippen LogP contribution is -2.61. The van der Waals surface area contributed by atoms with Crippen molar-refractivity contribution < 1.29 is 9.90 Å². The minimum atomic E-state index is -0.810. The summed E-state index contributed by atoms with van der Waals surface area (Å²) in [5.41, 5.74) is 5.17. The maximum Gasteiger partial charge on any atom is 0.310 e. The second-order valence-corrected chi connectivity index (χ2v) is 2.72. The Balaban J connectivity index is 2.50. The van der Waals surface area contributed by atoms with Crippen molar-refractivity contribution in [1.29, 1.82) is 5.41 Å². The lowest BCUT2D eigenvalue weighted by Gasteiger charge is -2.44. The van der Waals surface area contributed by atoms with Crippen molar-refractivity contribution >= 4 is 11.9 Å². The van der Waals surface area contributed by atoms with Gasteiger partial charge in [-0.15, -0.1) is 0 Å². The van der Waals surface area contributed by atoms with Gasteiger partial charge >= 0.3 is 5.97 Å². The van der Waals surface area contributed by atoms with Gasteiger partial charge in [-0.05, 0) is 6.92 Å². The number of likely N-dealkylation sites (tertiary alicyclic amines) is 1. The third-order valence-corrected chi connectivity index (χ3v) is 2.09. The van der Waals surface area contributed by atoms with Crippen molar-refractivity contribution in [3.63, 3.8) is 0 Å². The second-order valence-electron chi connectivity index (χ2n) is 2.72.